The number of aliphatic hydroxyl groups excluding tert-OH is 1. The number of hydrogen-bond donors (Lipinski definition) is 2. The summed E-state index contributed by atoms with van der Waals surface area (Å²) in [6.45, 7) is 8.94. The van der Waals surface area contributed by atoms with E-state index in [-0.39, 0.29) is 12.4 Å². The second-order valence-corrected chi connectivity index (χ2v) is 7.47. The van der Waals surface area contributed by atoms with E-state index in [9.17, 15) is 9.50 Å². The molecule has 142 valence electrons. The van der Waals surface area contributed by atoms with Crippen molar-refractivity contribution in [2.45, 2.75) is 45.3 Å². The third-order valence-electron chi connectivity index (χ3n) is 5.09. The molecular weight excluding hydrogens is 331 g/mol. The lowest BCUT2D eigenvalue weighted by Crippen LogP contribution is -2.52. The fraction of sp³-hybridized carbons (Fsp3) is 0.550. The highest BCUT2D eigenvalue weighted by Crippen LogP contribution is 2.19. The molecule has 0 aliphatic carbocycles. The highest BCUT2D eigenvalue weighted by molar-refractivity contribution is 5.16. The van der Waals surface area contributed by atoms with Crippen LogP contribution in [0.5, 0.6) is 0 Å². The van der Waals surface area contributed by atoms with Gasteiger partial charge in [-0.1, -0.05) is 26.0 Å². The largest absolute Gasteiger partial charge is 0.396 e. The van der Waals surface area contributed by atoms with Crippen LogP contribution in [-0.4, -0.2) is 57.4 Å². The smallest absolute Gasteiger partial charge is 0.123 e. The Labute approximate surface area is 154 Å². The lowest BCUT2D eigenvalue weighted by atomic mass is 10.1. The zero-order chi connectivity index (χ0) is 18.5. The first-order valence-corrected chi connectivity index (χ1v) is 9.41. The molecule has 1 aromatic heterocycles. The van der Waals surface area contributed by atoms with Crippen molar-refractivity contribution in [2.24, 2.45) is 0 Å². The lowest BCUT2D eigenvalue weighted by Gasteiger charge is -2.41. The molecule has 0 radical (unpaired) electrons. The maximum Gasteiger partial charge on any atom is 0.123 e. The summed E-state index contributed by atoms with van der Waals surface area (Å²) >= 11 is 0. The van der Waals surface area contributed by atoms with E-state index in [1.54, 1.807) is 0 Å². The van der Waals surface area contributed by atoms with Crippen molar-refractivity contribution in [3.63, 3.8) is 0 Å². The van der Waals surface area contributed by atoms with Gasteiger partial charge in [-0.15, -0.1) is 0 Å². The summed E-state index contributed by atoms with van der Waals surface area (Å²) in [5, 5.41) is 17.0. The van der Waals surface area contributed by atoms with Gasteiger partial charge in [0.15, 0.2) is 0 Å². The van der Waals surface area contributed by atoms with Crippen molar-refractivity contribution in [1.29, 1.82) is 0 Å². The Morgan fingerprint density at radius 3 is 2.65 bits per heavy atom. The molecule has 1 aliphatic rings. The van der Waals surface area contributed by atoms with Crippen LogP contribution in [-0.2, 0) is 13.1 Å². The zero-order valence-electron chi connectivity index (χ0n) is 15.7. The number of halogens is 1. The Morgan fingerprint density at radius 1 is 1.23 bits per heavy atom. The van der Waals surface area contributed by atoms with Gasteiger partial charge in [-0.05, 0) is 36.1 Å². The molecule has 0 unspecified atom stereocenters. The van der Waals surface area contributed by atoms with Crippen LogP contribution >= 0.6 is 0 Å². The molecule has 1 atom stereocenters. The predicted octanol–water partition coefficient (Wildman–Crippen LogP) is 2.74. The van der Waals surface area contributed by atoms with Crippen LogP contribution in [0.25, 0.3) is 0 Å². The Hall–Kier alpha value is -1.76. The molecule has 5 nitrogen and oxygen atoms in total. The first-order chi connectivity index (χ1) is 12.5. The molecule has 2 heterocycles. The monoisotopic (exact) mass is 360 g/mol. The van der Waals surface area contributed by atoms with Gasteiger partial charge in [0.2, 0.25) is 0 Å². The van der Waals surface area contributed by atoms with Gasteiger partial charge in [0, 0.05) is 51.1 Å². The average Bonchev–Trinajstić information content (AvgIpc) is 3.08. The summed E-state index contributed by atoms with van der Waals surface area (Å²) in [6, 6.07) is 9.16. The number of aromatic nitrogens is 2. The Bertz CT molecular complexity index is 685. The summed E-state index contributed by atoms with van der Waals surface area (Å²) in [5.74, 6) is 0.223. The van der Waals surface area contributed by atoms with Crippen LogP contribution in [0.4, 0.5) is 4.39 Å². The third-order valence-corrected chi connectivity index (χ3v) is 5.09. The van der Waals surface area contributed by atoms with Crippen molar-refractivity contribution in [1.82, 2.24) is 20.0 Å². The van der Waals surface area contributed by atoms with E-state index < -0.39 is 0 Å². The van der Waals surface area contributed by atoms with Gasteiger partial charge in [0.25, 0.3) is 0 Å². The molecule has 1 saturated heterocycles. The van der Waals surface area contributed by atoms with Crippen LogP contribution < -0.4 is 0 Å². The summed E-state index contributed by atoms with van der Waals surface area (Å²) in [4.78, 5) is 4.81. The van der Waals surface area contributed by atoms with Gasteiger partial charge in [-0.25, -0.2) is 4.39 Å². The van der Waals surface area contributed by atoms with Gasteiger partial charge in [-0.3, -0.25) is 14.9 Å². The molecule has 0 amide bonds. The van der Waals surface area contributed by atoms with Crippen LogP contribution in [0.3, 0.4) is 0 Å². The molecule has 2 aromatic rings. The maximum atomic E-state index is 13.1. The van der Waals surface area contributed by atoms with Gasteiger partial charge < -0.3 is 5.11 Å². The highest BCUT2D eigenvalue weighted by Gasteiger charge is 2.27. The predicted molar refractivity (Wildman–Crippen MR) is 100 cm³/mol. The van der Waals surface area contributed by atoms with E-state index in [2.05, 4.69) is 39.9 Å². The molecule has 1 aromatic carbocycles. The van der Waals surface area contributed by atoms with Gasteiger partial charge in [-0.2, -0.15) is 5.10 Å². The number of benzene rings is 1. The minimum Gasteiger partial charge on any atom is -0.396 e. The van der Waals surface area contributed by atoms with Crippen molar-refractivity contribution in [3.05, 3.63) is 53.1 Å². The van der Waals surface area contributed by atoms with Crippen LogP contribution in [0, 0.1) is 5.82 Å². The number of piperazine rings is 1. The zero-order valence-corrected chi connectivity index (χ0v) is 15.7. The van der Waals surface area contributed by atoms with E-state index in [0.29, 0.717) is 12.0 Å². The van der Waals surface area contributed by atoms with Crippen molar-refractivity contribution >= 4 is 0 Å². The SMILES string of the molecule is CC(C)c1cc(CN2CCN(Cc3ccc(F)cc3)[C@H](CCO)C2)[nH]n1. The van der Waals surface area contributed by atoms with E-state index in [1.165, 1.54) is 12.1 Å². The topological polar surface area (TPSA) is 55.4 Å². The number of hydrogen-bond acceptors (Lipinski definition) is 4. The molecule has 2 N–H and O–H groups in total. The number of aromatic amines is 1. The number of rotatable bonds is 7. The first kappa shape index (κ1) is 19.0. The van der Waals surface area contributed by atoms with Crippen molar-refractivity contribution in [3.8, 4) is 0 Å². The molecule has 3 rings (SSSR count). The summed E-state index contributed by atoms with van der Waals surface area (Å²) in [5.41, 5.74) is 3.35. The van der Waals surface area contributed by atoms with Crippen molar-refractivity contribution in [2.75, 3.05) is 26.2 Å². The molecular formula is C20H29FN4O. The second kappa shape index (κ2) is 8.75. The fourth-order valence-electron chi connectivity index (χ4n) is 3.55. The molecule has 6 heteroatoms. The number of aliphatic hydroxyl groups is 1. The average molecular weight is 360 g/mol. The number of H-pyrrole nitrogens is 1. The number of nitrogens with zero attached hydrogens (tertiary/aromatic N) is 3. The quantitative estimate of drug-likeness (QED) is 0.797. The number of nitrogens with one attached hydrogen (secondary N) is 1. The minimum absolute atomic E-state index is 0.181. The Morgan fingerprint density at radius 2 is 2.00 bits per heavy atom. The van der Waals surface area contributed by atoms with Crippen LogP contribution in [0.2, 0.25) is 0 Å². The third kappa shape index (κ3) is 4.90. The Kier molecular flexibility index (Phi) is 6.40. The van der Waals surface area contributed by atoms with Gasteiger partial charge in [0.1, 0.15) is 5.82 Å². The summed E-state index contributed by atoms with van der Waals surface area (Å²) < 4.78 is 13.1. The van der Waals surface area contributed by atoms with Crippen LogP contribution in [0.1, 0.15) is 43.1 Å². The fourth-order valence-corrected chi connectivity index (χ4v) is 3.55. The lowest BCUT2D eigenvalue weighted by molar-refractivity contribution is 0.0494. The maximum absolute atomic E-state index is 13.1. The molecule has 26 heavy (non-hydrogen) atoms. The Balaban J connectivity index is 1.60. The highest BCUT2D eigenvalue weighted by atomic mass is 19.1. The van der Waals surface area contributed by atoms with E-state index in [4.69, 9.17) is 0 Å². The standard InChI is InChI=1S/C20H29FN4O/c1-15(2)20-11-18(22-23-20)13-24-8-9-25(19(14-24)7-10-26)12-16-3-5-17(21)6-4-16/h3-6,11,15,19,26H,7-10,12-14H2,1-2H3,(H,22,23)/t19-/m1/s1. The van der Waals surface area contributed by atoms with Crippen molar-refractivity contribution < 1.29 is 9.50 Å². The first-order valence-electron chi connectivity index (χ1n) is 9.41. The van der Waals surface area contributed by atoms with E-state index in [0.717, 1.165) is 56.1 Å². The second-order valence-electron chi connectivity index (χ2n) is 7.47. The molecule has 0 spiro atoms. The van der Waals surface area contributed by atoms with Gasteiger partial charge >= 0.3 is 0 Å². The van der Waals surface area contributed by atoms with Gasteiger partial charge in [0.05, 0.1) is 5.69 Å². The summed E-state index contributed by atoms with van der Waals surface area (Å²) in [7, 11) is 0. The van der Waals surface area contributed by atoms with Crippen LogP contribution in [0.15, 0.2) is 30.3 Å². The normalized spacial score (nSPS) is 19.3. The molecule has 0 saturated carbocycles. The minimum atomic E-state index is -0.203. The molecule has 1 fully saturated rings. The summed E-state index contributed by atoms with van der Waals surface area (Å²) in [6.07, 6.45) is 0.748. The van der Waals surface area contributed by atoms with E-state index in [1.807, 2.05) is 12.1 Å². The molecule has 1 aliphatic heterocycles. The molecule has 0 bridgehead atoms. The van der Waals surface area contributed by atoms with E-state index >= 15 is 0 Å².